The van der Waals surface area contributed by atoms with Crippen LogP contribution in [0.4, 0.5) is 11.4 Å². The van der Waals surface area contributed by atoms with Gasteiger partial charge in [-0.05, 0) is 62.3 Å². The van der Waals surface area contributed by atoms with E-state index in [0.29, 0.717) is 12.5 Å². The molecule has 1 aliphatic heterocycles. The Labute approximate surface area is 139 Å². The Morgan fingerprint density at radius 1 is 1.26 bits per heavy atom. The van der Waals surface area contributed by atoms with Crippen LogP contribution in [0.1, 0.15) is 39.0 Å². The normalized spacial score (nSPS) is 25.6. The molecule has 2 atom stereocenters. The molecule has 4 nitrogen and oxygen atoms in total. The topological polar surface area (TPSA) is 58.4 Å². The molecule has 2 aliphatic rings. The van der Waals surface area contributed by atoms with Crippen molar-refractivity contribution in [1.82, 2.24) is 0 Å². The molecule has 3 N–H and O–H groups in total. The molecule has 126 valence electrons. The van der Waals surface area contributed by atoms with E-state index in [9.17, 15) is 4.79 Å². The summed E-state index contributed by atoms with van der Waals surface area (Å²) in [5.41, 5.74) is 7.93. The fraction of sp³-hybridized carbons (Fsp3) is 0.632. The van der Waals surface area contributed by atoms with Gasteiger partial charge >= 0.3 is 0 Å². The SMILES string of the molecule is CC1CCN(c2cccc(NC(=O)[C@@H]3CCC[C@@H]3CN)c2)CC1. The summed E-state index contributed by atoms with van der Waals surface area (Å²) in [6.07, 6.45) is 5.66. The van der Waals surface area contributed by atoms with Gasteiger partial charge in [-0.25, -0.2) is 0 Å². The molecule has 1 heterocycles. The number of nitrogens with one attached hydrogen (secondary N) is 1. The van der Waals surface area contributed by atoms with E-state index in [4.69, 9.17) is 5.73 Å². The second-order valence-corrected chi connectivity index (χ2v) is 7.24. The minimum Gasteiger partial charge on any atom is -0.371 e. The standard InChI is InChI=1S/C19H29N3O/c1-14-8-10-22(11-9-14)17-6-3-5-16(12-17)21-19(23)18-7-2-4-15(18)13-20/h3,5-6,12,14-15,18H,2,4,7-11,13,20H2,1H3,(H,21,23)/t15-,18-/m1/s1. The van der Waals surface area contributed by atoms with Crippen molar-refractivity contribution in [2.45, 2.75) is 39.0 Å². The van der Waals surface area contributed by atoms with Crippen LogP contribution in [0.25, 0.3) is 0 Å². The highest BCUT2D eigenvalue weighted by molar-refractivity contribution is 5.93. The van der Waals surface area contributed by atoms with Gasteiger partial charge in [0.1, 0.15) is 0 Å². The van der Waals surface area contributed by atoms with Gasteiger partial charge in [-0.2, -0.15) is 0 Å². The van der Waals surface area contributed by atoms with Gasteiger partial charge < -0.3 is 16.0 Å². The highest BCUT2D eigenvalue weighted by Crippen LogP contribution is 2.32. The number of piperidine rings is 1. The van der Waals surface area contributed by atoms with E-state index in [1.54, 1.807) is 0 Å². The summed E-state index contributed by atoms with van der Waals surface area (Å²) in [5, 5.41) is 3.12. The zero-order valence-corrected chi connectivity index (χ0v) is 14.1. The first-order valence-corrected chi connectivity index (χ1v) is 9.03. The van der Waals surface area contributed by atoms with E-state index in [2.05, 4.69) is 29.3 Å². The number of hydrogen-bond donors (Lipinski definition) is 2. The molecule has 1 aromatic rings. The predicted octanol–water partition coefficient (Wildman–Crippen LogP) is 3.24. The van der Waals surface area contributed by atoms with Crippen LogP contribution < -0.4 is 16.0 Å². The molecular formula is C19H29N3O. The summed E-state index contributed by atoms with van der Waals surface area (Å²) in [4.78, 5) is 15.0. The van der Waals surface area contributed by atoms with E-state index < -0.39 is 0 Å². The third-order valence-corrected chi connectivity index (χ3v) is 5.56. The molecule has 1 saturated heterocycles. The van der Waals surface area contributed by atoms with E-state index in [0.717, 1.165) is 44.0 Å². The molecule has 0 radical (unpaired) electrons. The van der Waals surface area contributed by atoms with Crippen LogP contribution in [-0.4, -0.2) is 25.5 Å². The minimum absolute atomic E-state index is 0.0829. The first kappa shape index (κ1) is 16.3. The monoisotopic (exact) mass is 315 g/mol. The quantitative estimate of drug-likeness (QED) is 0.897. The zero-order chi connectivity index (χ0) is 16.2. The predicted molar refractivity (Wildman–Crippen MR) is 95.6 cm³/mol. The molecule has 1 saturated carbocycles. The lowest BCUT2D eigenvalue weighted by atomic mass is 9.95. The molecule has 23 heavy (non-hydrogen) atoms. The van der Waals surface area contributed by atoms with Gasteiger partial charge in [0, 0.05) is 30.4 Å². The van der Waals surface area contributed by atoms with Crippen molar-refractivity contribution < 1.29 is 4.79 Å². The van der Waals surface area contributed by atoms with Crippen molar-refractivity contribution in [2.24, 2.45) is 23.5 Å². The van der Waals surface area contributed by atoms with Crippen LogP contribution >= 0.6 is 0 Å². The maximum Gasteiger partial charge on any atom is 0.227 e. The number of amides is 1. The minimum atomic E-state index is 0.0829. The van der Waals surface area contributed by atoms with E-state index in [-0.39, 0.29) is 11.8 Å². The van der Waals surface area contributed by atoms with Crippen LogP contribution in [-0.2, 0) is 4.79 Å². The number of rotatable bonds is 4. The molecule has 0 spiro atoms. The lowest BCUT2D eigenvalue weighted by Crippen LogP contribution is -2.33. The molecule has 0 unspecified atom stereocenters. The molecule has 3 rings (SSSR count). The Morgan fingerprint density at radius 3 is 2.78 bits per heavy atom. The van der Waals surface area contributed by atoms with Crippen molar-refractivity contribution in [1.29, 1.82) is 0 Å². The van der Waals surface area contributed by atoms with Crippen molar-refractivity contribution in [3.8, 4) is 0 Å². The number of carbonyl (C=O) groups excluding carboxylic acids is 1. The van der Waals surface area contributed by atoms with Crippen LogP contribution in [0, 0.1) is 17.8 Å². The molecule has 0 bridgehead atoms. The lowest BCUT2D eigenvalue weighted by molar-refractivity contribution is -0.120. The fourth-order valence-corrected chi connectivity index (χ4v) is 3.95. The Morgan fingerprint density at radius 2 is 2.04 bits per heavy atom. The van der Waals surface area contributed by atoms with Gasteiger partial charge in [0.2, 0.25) is 5.91 Å². The Balaban J connectivity index is 1.64. The Hall–Kier alpha value is -1.55. The van der Waals surface area contributed by atoms with Crippen LogP contribution in [0.15, 0.2) is 24.3 Å². The fourth-order valence-electron chi connectivity index (χ4n) is 3.95. The molecule has 4 heteroatoms. The van der Waals surface area contributed by atoms with Crippen molar-refractivity contribution in [3.63, 3.8) is 0 Å². The third-order valence-electron chi connectivity index (χ3n) is 5.56. The number of carbonyl (C=O) groups is 1. The highest BCUT2D eigenvalue weighted by atomic mass is 16.1. The largest absolute Gasteiger partial charge is 0.371 e. The van der Waals surface area contributed by atoms with Crippen LogP contribution in [0.5, 0.6) is 0 Å². The number of nitrogens with zero attached hydrogens (tertiary/aromatic N) is 1. The number of anilines is 2. The summed E-state index contributed by atoms with van der Waals surface area (Å²) in [6, 6.07) is 8.28. The van der Waals surface area contributed by atoms with E-state index in [1.807, 2.05) is 12.1 Å². The lowest BCUT2D eigenvalue weighted by Gasteiger charge is -2.32. The van der Waals surface area contributed by atoms with Gasteiger partial charge in [0.05, 0.1) is 0 Å². The van der Waals surface area contributed by atoms with Gasteiger partial charge in [0.15, 0.2) is 0 Å². The smallest absolute Gasteiger partial charge is 0.227 e. The van der Waals surface area contributed by atoms with Gasteiger partial charge in [0.25, 0.3) is 0 Å². The number of hydrogen-bond acceptors (Lipinski definition) is 3. The maximum absolute atomic E-state index is 12.5. The summed E-state index contributed by atoms with van der Waals surface area (Å²) in [6.45, 7) is 5.15. The molecule has 1 aliphatic carbocycles. The van der Waals surface area contributed by atoms with Gasteiger partial charge in [-0.15, -0.1) is 0 Å². The van der Waals surface area contributed by atoms with Crippen molar-refractivity contribution in [3.05, 3.63) is 24.3 Å². The first-order valence-electron chi connectivity index (χ1n) is 9.03. The average Bonchev–Trinajstić information content (AvgIpc) is 3.04. The molecular weight excluding hydrogens is 286 g/mol. The van der Waals surface area contributed by atoms with E-state index >= 15 is 0 Å². The van der Waals surface area contributed by atoms with Crippen molar-refractivity contribution >= 4 is 17.3 Å². The summed E-state index contributed by atoms with van der Waals surface area (Å²) >= 11 is 0. The van der Waals surface area contributed by atoms with Crippen molar-refractivity contribution in [2.75, 3.05) is 29.9 Å². The maximum atomic E-state index is 12.5. The van der Waals surface area contributed by atoms with Crippen LogP contribution in [0.2, 0.25) is 0 Å². The number of nitrogens with two attached hydrogens (primary N) is 1. The van der Waals surface area contributed by atoms with Gasteiger partial charge in [-0.3, -0.25) is 4.79 Å². The summed E-state index contributed by atoms with van der Waals surface area (Å²) in [5.74, 6) is 1.40. The average molecular weight is 315 g/mol. The summed E-state index contributed by atoms with van der Waals surface area (Å²) in [7, 11) is 0. The highest BCUT2D eigenvalue weighted by Gasteiger charge is 2.31. The first-order chi connectivity index (χ1) is 11.2. The number of benzene rings is 1. The molecule has 0 aromatic heterocycles. The molecule has 1 amide bonds. The Bertz CT molecular complexity index is 537. The zero-order valence-electron chi connectivity index (χ0n) is 14.1. The van der Waals surface area contributed by atoms with Crippen LogP contribution in [0.3, 0.4) is 0 Å². The van der Waals surface area contributed by atoms with Gasteiger partial charge in [-0.1, -0.05) is 19.4 Å². The second-order valence-electron chi connectivity index (χ2n) is 7.24. The molecule has 1 aromatic carbocycles. The molecule has 2 fully saturated rings. The Kier molecular flexibility index (Phi) is 5.21. The summed E-state index contributed by atoms with van der Waals surface area (Å²) < 4.78 is 0. The second kappa shape index (κ2) is 7.35. The third kappa shape index (κ3) is 3.86. The van der Waals surface area contributed by atoms with E-state index in [1.165, 1.54) is 18.5 Å².